The molecule has 2 saturated heterocycles. The normalized spacial score (nSPS) is 29.4. The van der Waals surface area contributed by atoms with E-state index in [0.29, 0.717) is 6.04 Å². The van der Waals surface area contributed by atoms with Crippen molar-refractivity contribution in [2.45, 2.75) is 57.7 Å². The number of thioether (sulfide) groups is 1. The molecule has 0 aromatic carbocycles. The van der Waals surface area contributed by atoms with Crippen LogP contribution < -0.4 is 5.73 Å². The van der Waals surface area contributed by atoms with Gasteiger partial charge in [-0.1, -0.05) is 20.3 Å². The van der Waals surface area contributed by atoms with Crippen LogP contribution in [0.1, 0.15) is 39.5 Å². The molecule has 2 aliphatic heterocycles. The smallest absolute Gasteiger partial charge is 0.240 e. The van der Waals surface area contributed by atoms with E-state index >= 15 is 0 Å². The number of nitrogens with two attached hydrogens (primary N) is 1. The summed E-state index contributed by atoms with van der Waals surface area (Å²) in [5.74, 6) is 2.57. The Hall–Kier alpha value is -0.260. The summed E-state index contributed by atoms with van der Waals surface area (Å²) in [7, 11) is 0. The maximum atomic E-state index is 12.8. The van der Waals surface area contributed by atoms with Crippen LogP contribution in [0.2, 0.25) is 0 Å². The molecule has 0 aromatic rings. The Morgan fingerprint density at radius 1 is 1.50 bits per heavy atom. The summed E-state index contributed by atoms with van der Waals surface area (Å²) in [6.07, 6.45) is 4.44. The van der Waals surface area contributed by atoms with Crippen molar-refractivity contribution in [3.8, 4) is 0 Å². The maximum Gasteiger partial charge on any atom is 0.240 e. The van der Waals surface area contributed by atoms with Gasteiger partial charge in [0.1, 0.15) is 0 Å². The Bertz CT molecular complexity index is 315. The second kappa shape index (κ2) is 7.66. The van der Waals surface area contributed by atoms with Crippen LogP contribution in [0, 0.1) is 5.92 Å². The zero-order chi connectivity index (χ0) is 14.5. The van der Waals surface area contributed by atoms with E-state index in [-0.39, 0.29) is 24.0 Å². The first-order chi connectivity index (χ1) is 9.63. The zero-order valence-electron chi connectivity index (χ0n) is 12.7. The van der Waals surface area contributed by atoms with Gasteiger partial charge in [-0.15, -0.1) is 0 Å². The number of rotatable bonds is 6. The minimum absolute atomic E-state index is 0.127. The highest BCUT2D eigenvalue weighted by Gasteiger charge is 2.34. The average Bonchev–Trinajstić information content (AvgIpc) is 3.14. The van der Waals surface area contributed by atoms with E-state index in [1.807, 2.05) is 16.7 Å². The second-order valence-electron chi connectivity index (χ2n) is 6.05. The number of carbonyl (C=O) groups excluding carboxylic acids is 1. The molecule has 0 aliphatic carbocycles. The summed E-state index contributed by atoms with van der Waals surface area (Å²) in [5.41, 5.74) is 6.18. The molecular formula is C15H28N2O2S. The number of ether oxygens (including phenoxy) is 1. The van der Waals surface area contributed by atoms with Crippen molar-refractivity contribution in [2.75, 3.05) is 24.7 Å². The average molecular weight is 300 g/mol. The summed E-state index contributed by atoms with van der Waals surface area (Å²) in [4.78, 5) is 14.8. The van der Waals surface area contributed by atoms with Gasteiger partial charge < -0.3 is 15.4 Å². The van der Waals surface area contributed by atoms with E-state index in [1.165, 1.54) is 0 Å². The third kappa shape index (κ3) is 3.89. The van der Waals surface area contributed by atoms with Crippen LogP contribution in [0.3, 0.4) is 0 Å². The standard InChI is InChI=1S/C15H28N2O2S/c1-3-11(2)14(16)15(18)17(12-6-8-20-10-12)9-13-5-4-7-19-13/h11-14H,3-10,16H2,1-2H3. The molecule has 2 rings (SSSR count). The fourth-order valence-electron chi connectivity index (χ4n) is 2.88. The monoisotopic (exact) mass is 300 g/mol. The molecule has 0 aromatic heterocycles. The van der Waals surface area contributed by atoms with Gasteiger partial charge >= 0.3 is 0 Å². The lowest BCUT2D eigenvalue weighted by Gasteiger charge is -2.34. The third-order valence-corrected chi connectivity index (χ3v) is 5.74. The van der Waals surface area contributed by atoms with Gasteiger partial charge in [0, 0.05) is 24.9 Å². The molecule has 2 aliphatic rings. The predicted octanol–water partition coefficient (Wildman–Crippen LogP) is 1.87. The molecule has 4 nitrogen and oxygen atoms in total. The number of hydrogen-bond acceptors (Lipinski definition) is 4. The van der Waals surface area contributed by atoms with E-state index < -0.39 is 0 Å². The van der Waals surface area contributed by atoms with Crippen molar-refractivity contribution in [1.29, 1.82) is 0 Å². The van der Waals surface area contributed by atoms with Crippen LogP contribution in [0.4, 0.5) is 0 Å². The Morgan fingerprint density at radius 3 is 2.85 bits per heavy atom. The summed E-state index contributed by atoms with van der Waals surface area (Å²) in [6.45, 7) is 5.72. The van der Waals surface area contributed by atoms with Crippen LogP contribution in [0.15, 0.2) is 0 Å². The molecule has 2 fully saturated rings. The molecule has 20 heavy (non-hydrogen) atoms. The molecule has 2 N–H and O–H groups in total. The zero-order valence-corrected chi connectivity index (χ0v) is 13.5. The highest BCUT2D eigenvalue weighted by atomic mass is 32.2. The van der Waals surface area contributed by atoms with Crippen molar-refractivity contribution >= 4 is 17.7 Å². The Kier molecular flexibility index (Phi) is 6.18. The number of hydrogen-bond donors (Lipinski definition) is 1. The number of amides is 1. The fraction of sp³-hybridized carbons (Fsp3) is 0.933. The molecule has 1 amide bonds. The SMILES string of the molecule is CCC(C)C(N)C(=O)N(CC1CCCO1)C1CCSC1. The molecule has 2 heterocycles. The van der Waals surface area contributed by atoms with Gasteiger partial charge in [-0.2, -0.15) is 11.8 Å². The van der Waals surface area contributed by atoms with Crippen molar-refractivity contribution < 1.29 is 9.53 Å². The molecule has 116 valence electrons. The first kappa shape index (κ1) is 16.1. The largest absolute Gasteiger partial charge is 0.376 e. The highest BCUT2D eigenvalue weighted by Crippen LogP contribution is 2.25. The third-order valence-electron chi connectivity index (χ3n) is 4.60. The molecular weight excluding hydrogens is 272 g/mol. The van der Waals surface area contributed by atoms with Gasteiger partial charge in [-0.25, -0.2) is 0 Å². The van der Waals surface area contributed by atoms with Crippen molar-refractivity contribution in [3.05, 3.63) is 0 Å². The first-order valence-electron chi connectivity index (χ1n) is 7.88. The first-order valence-corrected chi connectivity index (χ1v) is 9.04. The summed E-state index contributed by atoms with van der Waals surface area (Å²) in [6, 6.07) is -0.0150. The summed E-state index contributed by atoms with van der Waals surface area (Å²) >= 11 is 1.94. The lowest BCUT2D eigenvalue weighted by Crippen LogP contribution is -2.53. The minimum atomic E-state index is -0.369. The lowest BCUT2D eigenvalue weighted by atomic mass is 9.97. The minimum Gasteiger partial charge on any atom is -0.376 e. The maximum absolute atomic E-state index is 12.8. The van der Waals surface area contributed by atoms with E-state index in [2.05, 4.69) is 13.8 Å². The van der Waals surface area contributed by atoms with Crippen LogP contribution in [-0.4, -0.2) is 53.7 Å². The molecule has 0 bridgehead atoms. The van der Waals surface area contributed by atoms with Crippen molar-refractivity contribution in [1.82, 2.24) is 4.90 Å². The van der Waals surface area contributed by atoms with Crippen molar-refractivity contribution in [3.63, 3.8) is 0 Å². The molecule has 4 unspecified atom stereocenters. The number of nitrogens with zero attached hydrogens (tertiary/aromatic N) is 1. The van der Waals surface area contributed by atoms with Gasteiger partial charge in [0.2, 0.25) is 5.91 Å². The Balaban J connectivity index is 2.02. The molecule has 5 heteroatoms. The van der Waals surface area contributed by atoms with Gasteiger partial charge in [-0.3, -0.25) is 4.79 Å². The van der Waals surface area contributed by atoms with Gasteiger partial charge in [0.25, 0.3) is 0 Å². The number of carbonyl (C=O) groups is 1. The second-order valence-corrected chi connectivity index (χ2v) is 7.20. The fourth-order valence-corrected chi connectivity index (χ4v) is 4.11. The predicted molar refractivity (Wildman–Crippen MR) is 83.8 cm³/mol. The van der Waals surface area contributed by atoms with Crippen LogP contribution in [-0.2, 0) is 9.53 Å². The van der Waals surface area contributed by atoms with Crippen LogP contribution in [0.5, 0.6) is 0 Å². The van der Waals surface area contributed by atoms with Crippen molar-refractivity contribution in [2.24, 2.45) is 11.7 Å². The van der Waals surface area contributed by atoms with Crippen LogP contribution >= 0.6 is 11.8 Å². The molecule has 0 saturated carbocycles. The van der Waals surface area contributed by atoms with Gasteiger partial charge in [0.15, 0.2) is 0 Å². The van der Waals surface area contributed by atoms with E-state index in [4.69, 9.17) is 10.5 Å². The quantitative estimate of drug-likeness (QED) is 0.813. The Morgan fingerprint density at radius 2 is 2.30 bits per heavy atom. The molecule has 4 atom stereocenters. The highest BCUT2D eigenvalue weighted by molar-refractivity contribution is 7.99. The summed E-state index contributed by atoms with van der Waals surface area (Å²) < 4.78 is 5.72. The summed E-state index contributed by atoms with van der Waals surface area (Å²) in [5, 5.41) is 0. The van der Waals surface area contributed by atoms with Crippen LogP contribution in [0.25, 0.3) is 0 Å². The van der Waals surface area contributed by atoms with Gasteiger partial charge in [-0.05, 0) is 30.9 Å². The van der Waals surface area contributed by atoms with E-state index in [9.17, 15) is 4.79 Å². The topological polar surface area (TPSA) is 55.6 Å². The molecule has 0 spiro atoms. The van der Waals surface area contributed by atoms with Gasteiger partial charge in [0.05, 0.1) is 12.1 Å². The lowest BCUT2D eigenvalue weighted by molar-refractivity contribution is -0.137. The van der Waals surface area contributed by atoms with E-state index in [1.54, 1.807) is 0 Å². The van der Waals surface area contributed by atoms with E-state index in [0.717, 1.165) is 50.3 Å². The molecule has 0 radical (unpaired) electrons. The Labute approximate surface area is 126 Å².